The number of hydrogen-bond acceptors (Lipinski definition) is 5. The number of likely N-dealkylation sites (N-methyl/N-ethyl adjacent to an activating group) is 1. The van der Waals surface area contributed by atoms with Crippen LogP contribution in [0.1, 0.15) is 35.0 Å². The summed E-state index contributed by atoms with van der Waals surface area (Å²) in [4.78, 5) is 12.5. The van der Waals surface area contributed by atoms with Crippen LogP contribution in [0.25, 0.3) is 0 Å². The molecule has 0 atom stereocenters. The lowest BCUT2D eigenvalue weighted by molar-refractivity contribution is 0.223. The van der Waals surface area contributed by atoms with Gasteiger partial charge in [-0.2, -0.15) is 0 Å². The van der Waals surface area contributed by atoms with E-state index in [1.807, 2.05) is 12.1 Å². The van der Waals surface area contributed by atoms with Crippen molar-refractivity contribution in [1.82, 2.24) is 20.5 Å². The van der Waals surface area contributed by atoms with Gasteiger partial charge in [0.2, 0.25) is 0 Å². The van der Waals surface area contributed by atoms with Crippen LogP contribution in [0.15, 0.2) is 29.3 Å². The number of rotatable bonds is 11. The molecule has 0 aliphatic heterocycles. The smallest absolute Gasteiger partial charge is 0.191 e. The minimum atomic E-state index is 0.716. The quantitative estimate of drug-likeness (QED) is 0.433. The minimum absolute atomic E-state index is 0.716. The first kappa shape index (κ1) is 23.2. The fourth-order valence-corrected chi connectivity index (χ4v) is 3.81. The number of guanidine groups is 1. The highest BCUT2D eigenvalue weighted by Gasteiger charge is 2.05. The highest BCUT2D eigenvalue weighted by molar-refractivity contribution is 7.11. The van der Waals surface area contributed by atoms with E-state index in [1.165, 1.54) is 15.4 Å². The third-order valence-electron chi connectivity index (χ3n) is 4.88. The highest BCUT2D eigenvalue weighted by atomic mass is 32.1. The summed E-state index contributed by atoms with van der Waals surface area (Å²) in [5.41, 5.74) is 2.32. The number of aromatic nitrogens is 1. The Morgan fingerprint density at radius 1 is 1.14 bits per heavy atom. The Bertz CT molecular complexity index is 734. The van der Waals surface area contributed by atoms with Crippen molar-refractivity contribution in [3.8, 4) is 5.75 Å². The van der Waals surface area contributed by atoms with E-state index in [0.29, 0.717) is 6.61 Å². The first-order valence-corrected chi connectivity index (χ1v) is 11.2. The van der Waals surface area contributed by atoms with E-state index in [1.54, 1.807) is 18.4 Å². The summed E-state index contributed by atoms with van der Waals surface area (Å²) in [6.45, 7) is 13.8. The fourth-order valence-electron chi connectivity index (χ4n) is 2.88. The number of nitrogens with one attached hydrogen (secondary N) is 2. The number of ether oxygens (including phenoxy) is 1. The molecule has 0 amide bonds. The van der Waals surface area contributed by atoms with Gasteiger partial charge in [-0.3, -0.25) is 4.99 Å². The van der Waals surface area contributed by atoms with Crippen LogP contribution in [-0.2, 0) is 13.0 Å². The van der Waals surface area contributed by atoms with Gasteiger partial charge in [0.15, 0.2) is 5.96 Å². The molecule has 0 aliphatic rings. The molecule has 29 heavy (non-hydrogen) atoms. The molecule has 0 saturated heterocycles. The molecule has 2 N–H and O–H groups in total. The monoisotopic (exact) mass is 417 g/mol. The number of aryl methyl sites for hydroxylation is 2. The van der Waals surface area contributed by atoms with Crippen molar-refractivity contribution < 1.29 is 4.74 Å². The van der Waals surface area contributed by atoms with Gasteiger partial charge < -0.3 is 20.3 Å². The van der Waals surface area contributed by atoms with E-state index in [4.69, 9.17) is 4.74 Å². The molecule has 0 spiro atoms. The molecule has 1 heterocycles. The molecule has 2 aromatic rings. The van der Waals surface area contributed by atoms with Crippen LogP contribution in [0.4, 0.5) is 0 Å². The van der Waals surface area contributed by atoms with Gasteiger partial charge in [0.25, 0.3) is 0 Å². The highest BCUT2D eigenvalue weighted by Crippen LogP contribution is 2.16. The van der Waals surface area contributed by atoms with E-state index in [2.05, 4.69) is 65.3 Å². The zero-order chi connectivity index (χ0) is 21.1. The summed E-state index contributed by atoms with van der Waals surface area (Å²) >= 11 is 1.77. The SMILES string of the molecule is CCN(CC)CCOc1ccc(CNC(=NC)NCCc2nc(C)c(C)s2)cc1. The largest absolute Gasteiger partial charge is 0.492 e. The van der Waals surface area contributed by atoms with Gasteiger partial charge in [0, 0.05) is 38.0 Å². The van der Waals surface area contributed by atoms with E-state index >= 15 is 0 Å². The normalized spacial score (nSPS) is 11.7. The zero-order valence-corrected chi connectivity index (χ0v) is 19.2. The summed E-state index contributed by atoms with van der Waals surface area (Å²) in [6.07, 6.45) is 0.902. The molecule has 1 aromatic heterocycles. The van der Waals surface area contributed by atoms with Crippen LogP contribution in [0.5, 0.6) is 5.75 Å². The maximum Gasteiger partial charge on any atom is 0.191 e. The first-order chi connectivity index (χ1) is 14.0. The van der Waals surface area contributed by atoms with Crippen molar-refractivity contribution in [2.75, 3.05) is 39.8 Å². The minimum Gasteiger partial charge on any atom is -0.492 e. The lowest BCUT2D eigenvalue weighted by Gasteiger charge is -2.18. The molecule has 2 rings (SSSR count). The molecule has 160 valence electrons. The van der Waals surface area contributed by atoms with Crippen molar-refractivity contribution in [1.29, 1.82) is 0 Å². The van der Waals surface area contributed by atoms with E-state index < -0.39 is 0 Å². The Hall–Kier alpha value is -2.12. The van der Waals surface area contributed by atoms with E-state index in [-0.39, 0.29) is 0 Å². The Labute approximate surface area is 179 Å². The molecule has 6 nitrogen and oxygen atoms in total. The van der Waals surface area contributed by atoms with Crippen LogP contribution >= 0.6 is 11.3 Å². The molecule has 0 unspecified atom stereocenters. The zero-order valence-electron chi connectivity index (χ0n) is 18.4. The summed E-state index contributed by atoms with van der Waals surface area (Å²) in [5, 5.41) is 7.88. The molecule has 7 heteroatoms. The van der Waals surface area contributed by atoms with Gasteiger partial charge in [-0.25, -0.2) is 4.98 Å². The van der Waals surface area contributed by atoms with Crippen LogP contribution in [0, 0.1) is 13.8 Å². The number of nitrogens with zero attached hydrogens (tertiary/aromatic N) is 3. The average molecular weight is 418 g/mol. The second-order valence-electron chi connectivity index (χ2n) is 6.87. The predicted molar refractivity (Wildman–Crippen MR) is 123 cm³/mol. The van der Waals surface area contributed by atoms with Crippen molar-refractivity contribution in [2.24, 2.45) is 4.99 Å². The van der Waals surface area contributed by atoms with Crippen LogP contribution < -0.4 is 15.4 Å². The number of benzene rings is 1. The predicted octanol–water partition coefficient (Wildman–Crippen LogP) is 3.39. The fraction of sp³-hybridized carbons (Fsp3) is 0.545. The summed E-state index contributed by atoms with van der Waals surface area (Å²) < 4.78 is 5.84. The van der Waals surface area contributed by atoms with Crippen LogP contribution in [-0.4, -0.2) is 55.7 Å². The molecular weight excluding hydrogens is 382 g/mol. The molecule has 0 bridgehead atoms. The van der Waals surface area contributed by atoms with Crippen molar-refractivity contribution in [2.45, 2.75) is 40.7 Å². The number of aliphatic imine (C=N–C) groups is 1. The molecular formula is C22H35N5OS. The molecule has 0 aliphatic carbocycles. The summed E-state index contributed by atoms with van der Waals surface area (Å²) in [7, 11) is 1.79. The Kier molecular flexibility index (Phi) is 9.94. The number of thiazole rings is 1. The van der Waals surface area contributed by atoms with Gasteiger partial charge in [-0.05, 0) is 44.6 Å². The van der Waals surface area contributed by atoms with E-state index in [9.17, 15) is 0 Å². The third kappa shape index (κ3) is 8.03. The van der Waals surface area contributed by atoms with E-state index in [0.717, 1.165) is 56.5 Å². The number of hydrogen-bond donors (Lipinski definition) is 2. The van der Waals surface area contributed by atoms with Gasteiger partial charge in [-0.1, -0.05) is 26.0 Å². The Balaban J connectivity index is 1.70. The average Bonchev–Trinajstić information content (AvgIpc) is 3.06. The van der Waals surface area contributed by atoms with Gasteiger partial charge in [-0.15, -0.1) is 11.3 Å². The van der Waals surface area contributed by atoms with Crippen molar-refractivity contribution in [3.63, 3.8) is 0 Å². The lowest BCUT2D eigenvalue weighted by atomic mass is 10.2. The first-order valence-electron chi connectivity index (χ1n) is 10.4. The standard InChI is InChI=1S/C22H35N5OS/c1-6-27(7-2)14-15-28-20-10-8-19(9-11-20)16-25-22(23-5)24-13-12-21-26-17(3)18(4)29-21/h8-11H,6-7,12-16H2,1-5H3,(H2,23,24,25). The Morgan fingerprint density at radius 3 is 2.45 bits per heavy atom. The van der Waals surface area contributed by atoms with Crippen molar-refractivity contribution >= 4 is 17.3 Å². The molecule has 0 radical (unpaired) electrons. The summed E-state index contributed by atoms with van der Waals surface area (Å²) in [6, 6.07) is 8.24. The maximum absolute atomic E-state index is 5.84. The molecule has 1 aromatic carbocycles. The second kappa shape index (κ2) is 12.4. The van der Waals surface area contributed by atoms with Crippen LogP contribution in [0.2, 0.25) is 0 Å². The van der Waals surface area contributed by atoms with Gasteiger partial charge >= 0.3 is 0 Å². The van der Waals surface area contributed by atoms with Gasteiger partial charge in [0.05, 0.1) is 10.7 Å². The molecule has 0 saturated carbocycles. The Morgan fingerprint density at radius 2 is 1.86 bits per heavy atom. The van der Waals surface area contributed by atoms with Crippen molar-refractivity contribution in [3.05, 3.63) is 45.4 Å². The third-order valence-corrected chi connectivity index (χ3v) is 6.01. The topological polar surface area (TPSA) is 61.8 Å². The van der Waals surface area contributed by atoms with Gasteiger partial charge in [0.1, 0.15) is 12.4 Å². The lowest BCUT2D eigenvalue weighted by Crippen LogP contribution is -2.37. The summed E-state index contributed by atoms with van der Waals surface area (Å²) in [5.74, 6) is 1.71. The second-order valence-corrected chi connectivity index (χ2v) is 8.16. The van der Waals surface area contributed by atoms with Crippen LogP contribution in [0.3, 0.4) is 0 Å². The maximum atomic E-state index is 5.84. The molecule has 0 fully saturated rings.